The molecule has 10 heteroatoms. The molecule has 9 nitrogen and oxygen atoms in total. The topological polar surface area (TPSA) is 107 Å². The number of ether oxygens (including phenoxy) is 4. The molecule has 1 amide bonds. The number of aliphatic hydroxyl groups is 1. The summed E-state index contributed by atoms with van der Waals surface area (Å²) in [6, 6.07) is 16.6. The van der Waals surface area contributed by atoms with Crippen LogP contribution in [0.5, 0.6) is 23.0 Å². The Balaban J connectivity index is 1.49. The smallest absolute Gasteiger partial charge is 0.301 e. The lowest BCUT2D eigenvalue weighted by Gasteiger charge is -2.23. The molecule has 2 aliphatic heterocycles. The Kier molecular flexibility index (Phi) is 6.77. The number of Topliss-reactive ketones (excluding diaryl/α,β-unsaturated/α-hetero) is 1. The van der Waals surface area contributed by atoms with Crippen LogP contribution in [0.25, 0.3) is 16.0 Å². The molecule has 0 radical (unpaired) electrons. The fraction of sp³-hybridized carbons (Fsp3) is 0.233. The van der Waals surface area contributed by atoms with E-state index in [4.69, 9.17) is 18.9 Å². The fourth-order valence-electron chi connectivity index (χ4n) is 4.78. The van der Waals surface area contributed by atoms with Gasteiger partial charge in [0, 0.05) is 5.56 Å². The number of aromatic nitrogens is 1. The number of benzene rings is 3. The summed E-state index contributed by atoms with van der Waals surface area (Å²) >= 11 is 1.27. The number of nitrogens with zero attached hydrogens (tertiary/aromatic N) is 2. The number of thiazole rings is 1. The maximum absolute atomic E-state index is 13.6. The summed E-state index contributed by atoms with van der Waals surface area (Å²) in [5.41, 5.74) is 1.58. The van der Waals surface area contributed by atoms with Crippen molar-refractivity contribution in [2.75, 3.05) is 31.8 Å². The zero-order valence-electron chi connectivity index (χ0n) is 21.9. The maximum Gasteiger partial charge on any atom is 0.301 e. The largest absolute Gasteiger partial charge is 0.507 e. The standard InChI is InChI=1S/C30H26N2O7S/c1-3-12-37-19-7-4-17(5-8-19)26-25(27(33)18-6-11-22-23(15-18)39-14-13-38-22)28(34)29(35)32(26)30-31-21-10-9-20(36-2)16-24(21)40-30/h4-11,15-16,26,33H,3,12-14H2,1-2H3/b27-25+/t26-/m0/s1. The van der Waals surface area contributed by atoms with Crippen LogP contribution in [0, 0.1) is 0 Å². The van der Waals surface area contributed by atoms with Crippen molar-refractivity contribution in [3.8, 4) is 23.0 Å². The summed E-state index contributed by atoms with van der Waals surface area (Å²) in [5, 5.41) is 11.8. The Morgan fingerprint density at radius 3 is 2.52 bits per heavy atom. The number of methoxy groups -OCH3 is 1. The number of carbonyl (C=O) groups is 2. The summed E-state index contributed by atoms with van der Waals surface area (Å²) in [6.45, 7) is 3.39. The van der Waals surface area contributed by atoms with Crippen LogP contribution in [0.2, 0.25) is 0 Å². The first-order chi connectivity index (χ1) is 19.5. The average molecular weight is 559 g/mol. The number of fused-ring (bicyclic) bond motifs is 2. The van der Waals surface area contributed by atoms with Gasteiger partial charge in [0.1, 0.15) is 30.5 Å². The van der Waals surface area contributed by atoms with E-state index >= 15 is 0 Å². The van der Waals surface area contributed by atoms with Crippen LogP contribution in [0.4, 0.5) is 5.13 Å². The molecular weight excluding hydrogens is 532 g/mol. The lowest BCUT2D eigenvalue weighted by molar-refractivity contribution is -0.132. The molecule has 1 N–H and O–H groups in total. The highest BCUT2D eigenvalue weighted by Gasteiger charge is 2.48. The van der Waals surface area contributed by atoms with Crippen molar-refractivity contribution in [2.45, 2.75) is 19.4 Å². The average Bonchev–Trinajstić information content (AvgIpc) is 3.53. The molecule has 6 rings (SSSR count). The lowest BCUT2D eigenvalue weighted by Crippen LogP contribution is -2.29. The van der Waals surface area contributed by atoms with Crippen molar-refractivity contribution in [3.05, 3.63) is 77.4 Å². The molecule has 1 fully saturated rings. The Bertz CT molecular complexity index is 1640. The van der Waals surface area contributed by atoms with Gasteiger partial charge in [0.15, 0.2) is 16.6 Å². The van der Waals surface area contributed by atoms with Crippen LogP contribution in [0.1, 0.15) is 30.5 Å². The molecule has 1 atom stereocenters. The minimum Gasteiger partial charge on any atom is -0.507 e. The van der Waals surface area contributed by atoms with E-state index in [0.717, 1.165) is 11.1 Å². The molecule has 0 unspecified atom stereocenters. The number of hydrogen-bond acceptors (Lipinski definition) is 9. The van der Waals surface area contributed by atoms with Gasteiger partial charge in [-0.15, -0.1) is 0 Å². The molecule has 3 aromatic carbocycles. The molecule has 0 aliphatic carbocycles. The van der Waals surface area contributed by atoms with Gasteiger partial charge in [0.25, 0.3) is 5.78 Å². The van der Waals surface area contributed by atoms with E-state index in [2.05, 4.69) is 4.98 Å². The fourth-order valence-corrected chi connectivity index (χ4v) is 5.80. The van der Waals surface area contributed by atoms with Crippen molar-refractivity contribution < 1.29 is 33.6 Å². The first-order valence-corrected chi connectivity index (χ1v) is 13.7. The molecule has 2 aliphatic rings. The Labute approximate surface area is 234 Å². The van der Waals surface area contributed by atoms with E-state index in [1.807, 2.05) is 13.0 Å². The van der Waals surface area contributed by atoms with Crippen molar-refractivity contribution in [1.29, 1.82) is 0 Å². The Morgan fingerprint density at radius 2 is 1.77 bits per heavy atom. The SMILES string of the molecule is CCCOc1ccc([C@H]2/C(=C(\O)c3ccc4c(c3)OCCO4)C(=O)C(=O)N2c2nc3ccc(OC)cc3s2)cc1. The van der Waals surface area contributed by atoms with Crippen molar-refractivity contribution in [3.63, 3.8) is 0 Å². The van der Waals surface area contributed by atoms with Gasteiger partial charge in [-0.3, -0.25) is 14.5 Å². The first kappa shape index (κ1) is 25.7. The van der Waals surface area contributed by atoms with Gasteiger partial charge >= 0.3 is 5.91 Å². The summed E-state index contributed by atoms with van der Waals surface area (Å²) in [5.74, 6) is 0.439. The van der Waals surface area contributed by atoms with Gasteiger partial charge < -0.3 is 24.1 Å². The highest BCUT2D eigenvalue weighted by Crippen LogP contribution is 2.45. The van der Waals surface area contributed by atoms with E-state index in [1.54, 1.807) is 61.7 Å². The normalized spacial score (nSPS) is 17.9. The van der Waals surface area contributed by atoms with Crippen molar-refractivity contribution in [2.24, 2.45) is 0 Å². The second kappa shape index (κ2) is 10.5. The van der Waals surface area contributed by atoms with Crippen LogP contribution in [-0.2, 0) is 9.59 Å². The van der Waals surface area contributed by atoms with Crippen molar-refractivity contribution >= 4 is 44.1 Å². The number of rotatable bonds is 7. The summed E-state index contributed by atoms with van der Waals surface area (Å²) in [7, 11) is 1.58. The first-order valence-electron chi connectivity index (χ1n) is 12.9. The molecule has 1 saturated heterocycles. The highest BCUT2D eigenvalue weighted by atomic mass is 32.1. The van der Waals surface area contributed by atoms with Gasteiger partial charge in [-0.1, -0.05) is 30.4 Å². The number of ketones is 1. The Hall–Kier alpha value is -4.57. The number of aliphatic hydroxyl groups excluding tert-OH is 1. The van der Waals surface area contributed by atoms with Gasteiger partial charge in [-0.05, 0) is 60.5 Å². The molecule has 4 aromatic rings. The van der Waals surface area contributed by atoms with Gasteiger partial charge in [-0.2, -0.15) is 0 Å². The van der Waals surface area contributed by atoms with E-state index in [-0.39, 0.29) is 11.3 Å². The lowest BCUT2D eigenvalue weighted by atomic mass is 9.95. The van der Waals surface area contributed by atoms with Crippen LogP contribution in [0.15, 0.2) is 66.2 Å². The second-order valence-corrected chi connectivity index (χ2v) is 10.3. The monoisotopic (exact) mass is 558 g/mol. The second-order valence-electron chi connectivity index (χ2n) is 9.28. The van der Waals surface area contributed by atoms with E-state index < -0.39 is 17.7 Å². The van der Waals surface area contributed by atoms with Gasteiger partial charge in [0.05, 0.1) is 35.5 Å². The summed E-state index contributed by atoms with van der Waals surface area (Å²) < 4.78 is 23.1. The molecule has 0 bridgehead atoms. The van der Waals surface area contributed by atoms with Crippen LogP contribution in [0.3, 0.4) is 0 Å². The summed E-state index contributed by atoms with van der Waals surface area (Å²) in [4.78, 5) is 33.2. The van der Waals surface area contributed by atoms with Crippen LogP contribution < -0.4 is 23.8 Å². The predicted octanol–water partition coefficient (Wildman–Crippen LogP) is 5.49. The zero-order chi connectivity index (χ0) is 27.8. The number of hydrogen-bond donors (Lipinski definition) is 1. The van der Waals surface area contributed by atoms with Crippen molar-refractivity contribution in [1.82, 2.24) is 4.98 Å². The quantitative estimate of drug-likeness (QED) is 0.180. The minimum absolute atomic E-state index is 0.0410. The minimum atomic E-state index is -0.920. The third-order valence-electron chi connectivity index (χ3n) is 6.72. The van der Waals surface area contributed by atoms with E-state index in [0.29, 0.717) is 64.6 Å². The third-order valence-corrected chi connectivity index (χ3v) is 7.74. The highest BCUT2D eigenvalue weighted by molar-refractivity contribution is 7.22. The predicted molar refractivity (Wildman–Crippen MR) is 151 cm³/mol. The molecule has 40 heavy (non-hydrogen) atoms. The third kappa shape index (κ3) is 4.50. The summed E-state index contributed by atoms with van der Waals surface area (Å²) in [6.07, 6.45) is 0.861. The molecule has 204 valence electrons. The molecular formula is C30H26N2O7S. The number of amides is 1. The Morgan fingerprint density at radius 1 is 1.02 bits per heavy atom. The van der Waals surface area contributed by atoms with Gasteiger partial charge in [0.2, 0.25) is 0 Å². The number of carbonyl (C=O) groups excluding carboxylic acids is 2. The van der Waals surface area contributed by atoms with Gasteiger partial charge in [-0.25, -0.2) is 4.98 Å². The zero-order valence-corrected chi connectivity index (χ0v) is 22.7. The van der Waals surface area contributed by atoms with E-state index in [9.17, 15) is 14.7 Å². The number of anilines is 1. The van der Waals surface area contributed by atoms with Crippen LogP contribution in [-0.4, -0.2) is 48.7 Å². The maximum atomic E-state index is 13.6. The van der Waals surface area contributed by atoms with Crippen LogP contribution >= 0.6 is 11.3 Å². The van der Waals surface area contributed by atoms with E-state index in [1.165, 1.54) is 16.2 Å². The molecule has 0 spiro atoms. The molecule has 0 saturated carbocycles. The molecule has 3 heterocycles. The molecule has 1 aromatic heterocycles.